The van der Waals surface area contributed by atoms with Crippen LogP contribution in [0.25, 0.3) is 0 Å². The smallest absolute Gasteiger partial charge is 0.191 e. The number of rotatable bonds is 7. The first kappa shape index (κ1) is 19.7. The molecule has 1 saturated heterocycles. The largest absolute Gasteiger partial charge is 0.357 e. The van der Waals surface area contributed by atoms with E-state index >= 15 is 0 Å². The Balaban J connectivity index is 1.79. The number of benzene rings is 1. The third-order valence-corrected chi connectivity index (χ3v) is 4.91. The molecule has 1 aliphatic heterocycles. The molecule has 2 N–H and O–H groups in total. The Morgan fingerprint density at radius 2 is 2.00 bits per heavy atom. The normalized spacial score (nSPS) is 18.2. The summed E-state index contributed by atoms with van der Waals surface area (Å²) in [4.78, 5) is 7.11. The van der Waals surface area contributed by atoms with E-state index in [2.05, 4.69) is 36.3 Å². The molecule has 1 aromatic rings. The molecule has 2 rings (SSSR count). The van der Waals surface area contributed by atoms with Gasteiger partial charge in [0.05, 0.1) is 0 Å². The quantitative estimate of drug-likeness (QED) is 0.586. The Bertz CT molecular complexity index is 538. The summed E-state index contributed by atoms with van der Waals surface area (Å²) in [6.45, 7) is 10.9. The van der Waals surface area contributed by atoms with Gasteiger partial charge in [0, 0.05) is 31.2 Å². The van der Waals surface area contributed by atoms with Gasteiger partial charge in [-0.2, -0.15) is 0 Å². The molecule has 1 aromatic carbocycles. The van der Waals surface area contributed by atoms with E-state index in [-0.39, 0.29) is 5.82 Å². The fraction of sp³-hybridized carbons (Fsp3) is 0.650. The summed E-state index contributed by atoms with van der Waals surface area (Å²) in [6.07, 6.45) is 3.33. The highest BCUT2D eigenvalue weighted by atomic mass is 19.1. The zero-order chi connectivity index (χ0) is 18.1. The van der Waals surface area contributed by atoms with Gasteiger partial charge >= 0.3 is 0 Å². The number of aliphatic imine (C=N–C) groups is 1. The highest BCUT2D eigenvalue weighted by Gasteiger charge is 2.20. The molecule has 1 fully saturated rings. The Kier molecular flexibility index (Phi) is 8.19. The number of piperidine rings is 1. The van der Waals surface area contributed by atoms with Crippen molar-refractivity contribution >= 4 is 5.96 Å². The molecule has 1 heterocycles. The van der Waals surface area contributed by atoms with Crippen LogP contribution in [0.15, 0.2) is 29.3 Å². The second-order valence-electron chi connectivity index (χ2n) is 6.98. The number of nitrogens with zero attached hydrogens (tertiary/aromatic N) is 2. The van der Waals surface area contributed by atoms with Crippen molar-refractivity contribution in [1.29, 1.82) is 0 Å². The Labute approximate surface area is 151 Å². The summed E-state index contributed by atoms with van der Waals surface area (Å²) in [5, 5.41) is 6.76. The van der Waals surface area contributed by atoms with Gasteiger partial charge in [-0.3, -0.25) is 9.89 Å². The van der Waals surface area contributed by atoms with Gasteiger partial charge in [0.1, 0.15) is 5.82 Å². The van der Waals surface area contributed by atoms with Crippen LogP contribution in [0.2, 0.25) is 0 Å². The lowest BCUT2D eigenvalue weighted by atomic mass is 9.96. The van der Waals surface area contributed by atoms with Gasteiger partial charge in [-0.1, -0.05) is 25.1 Å². The Hall–Kier alpha value is -1.62. The topological polar surface area (TPSA) is 39.7 Å². The number of halogens is 1. The van der Waals surface area contributed by atoms with Crippen molar-refractivity contribution in [3.8, 4) is 0 Å². The fourth-order valence-electron chi connectivity index (χ4n) is 3.07. The monoisotopic (exact) mass is 348 g/mol. The minimum absolute atomic E-state index is 0.0966. The van der Waals surface area contributed by atoms with Gasteiger partial charge in [0.2, 0.25) is 0 Å². The van der Waals surface area contributed by atoms with Crippen molar-refractivity contribution in [2.24, 2.45) is 10.9 Å². The lowest BCUT2D eigenvalue weighted by molar-refractivity contribution is 0.179. The summed E-state index contributed by atoms with van der Waals surface area (Å²) in [6, 6.07) is 7.52. The Morgan fingerprint density at radius 3 is 2.64 bits per heavy atom. The molecule has 25 heavy (non-hydrogen) atoms. The summed E-state index contributed by atoms with van der Waals surface area (Å²) < 4.78 is 13.8. The molecule has 4 nitrogen and oxygen atoms in total. The summed E-state index contributed by atoms with van der Waals surface area (Å²) in [5.41, 5.74) is 0.797. The first-order valence-corrected chi connectivity index (χ1v) is 9.63. The highest BCUT2D eigenvalue weighted by molar-refractivity contribution is 5.80. The van der Waals surface area contributed by atoms with Crippen LogP contribution in [0.5, 0.6) is 0 Å². The minimum Gasteiger partial charge on any atom is -0.357 e. The van der Waals surface area contributed by atoms with Gasteiger partial charge in [-0.25, -0.2) is 4.39 Å². The Morgan fingerprint density at radius 1 is 1.28 bits per heavy atom. The molecule has 5 heteroatoms. The van der Waals surface area contributed by atoms with E-state index in [0.717, 1.165) is 57.0 Å². The lowest BCUT2D eigenvalue weighted by Crippen LogP contribution is -2.42. The maximum Gasteiger partial charge on any atom is 0.191 e. The highest BCUT2D eigenvalue weighted by Crippen LogP contribution is 2.20. The summed E-state index contributed by atoms with van der Waals surface area (Å²) >= 11 is 0. The molecule has 0 radical (unpaired) electrons. The van der Waals surface area contributed by atoms with Crippen molar-refractivity contribution in [2.45, 2.75) is 52.6 Å². The van der Waals surface area contributed by atoms with Gasteiger partial charge in [-0.15, -0.1) is 0 Å². The minimum atomic E-state index is -0.0966. The lowest BCUT2D eigenvalue weighted by Gasteiger charge is -2.31. The van der Waals surface area contributed by atoms with E-state index in [1.54, 1.807) is 12.1 Å². The first-order valence-electron chi connectivity index (χ1n) is 9.63. The SMILES string of the molecule is CCNC(=NCC1CCN(Cc2ccccc2F)CC1)NC(C)CC. The van der Waals surface area contributed by atoms with E-state index in [0.29, 0.717) is 18.5 Å². The van der Waals surface area contributed by atoms with Crippen LogP contribution in [0.1, 0.15) is 45.6 Å². The van der Waals surface area contributed by atoms with Crippen LogP contribution in [-0.2, 0) is 6.54 Å². The van der Waals surface area contributed by atoms with E-state index in [1.165, 1.54) is 0 Å². The van der Waals surface area contributed by atoms with Crippen molar-refractivity contribution in [3.05, 3.63) is 35.6 Å². The van der Waals surface area contributed by atoms with Gasteiger partial charge in [-0.05, 0) is 58.2 Å². The molecule has 0 saturated carbocycles. The van der Waals surface area contributed by atoms with Crippen LogP contribution in [0, 0.1) is 11.7 Å². The van der Waals surface area contributed by atoms with Crippen molar-refractivity contribution in [1.82, 2.24) is 15.5 Å². The number of guanidine groups is 1. The number of hydrogen-bond donors (Lipinski definition) is 2. The van der Waals surface area contributed by atoms with Crippen LogP contribution < -0.4 is 10.6 Å². The van der Waals surface area contributed by atoms with Crippen molar-refractivity contribution in [2.75, 3.05) is 26.2 Å². The molecule has 0 amide bonds. The molecular formula is C20H33FN4. The molecule has 0 aliphatic carbocycles. The van der Waals surface area contributed by atoms with E-state index in [9.17, 15) is 4.39 Å². The molecule has 0 spiro atoms. The third kappa shape index (κ3) is 6.65. The van der Waals surface area contributed by atoms with Crippen molar-refractivity contribution in [3.63, 3.8) is 0 Å². The molecular weight excluding hydrogens is 315 g/mol. The van der Waals surface area contributed by atoms with Crippen LogP contribution >= 0.6 is 0 Å². The average Bonchev–Trinajstić information content (AvgIpc) is 2.63. The third-order valence-electron chi connectivity index (χ3n) is 4.91. The van der Waals surface area contributed by atoms with Crippen LogP contribution in [0.3, 0.4) is 0 Å². The second-order valence-corrected chi connectivity index (χ2v) is 6.98. The standard InChI is InChI=1S/C20H33FN4/c1-4-16(3)24-20(22-5-2)23-14-17-10-12-25(13-11-17)15-18-8-6-7-9-19(18)21/h6-9,16-17H,4-5,10-15H2,1-3H3,(H2,22,23,24). The fourth-order valence-corrected chi connectivity index (χ4v) is 3.07. The number of hydrogen-bond acceptors (Lipinski definition) is 2. The van der Waals surface area contributed by atoms with E-state index in [1.807, 2.05) is 12.1 Å². The second kappa shape index (κ2) is 10.4. The summed E-state index contributed by atoms with van der Waals surface area (Å²) in [5.74, 6) is 1.44. The maximum atomic E-state index is 13.8. The summed E-state index contributed by atoms with van der Waals surface area (Å²) in [7, 11) is 0. The average molecular weight is 349 g/mol. The molecule has 1 aliphatic rings. The van der Waals surface area contributed by atoms with E-state index < -0.39 is 0 Å². The predicted molar refractivity (Wildman–Crippen MR) is 103 cm³/mol. The van der Waals surface area contributed by atoms with E-state index in [4.69, 9.17) is 4.99 Å². The number of likely N-dealkylation sites (tertiary alicyclic amines) is 1. The molecule has 1 atom stereocenters. The molecule has 0 aromatic heterocycles. The van der Waals surface area contributed by atoms with Crippen LogP contribution in [0.4, 0.5) is 4.39 Å². The maximum absolute atomic E-state index is 13.8. The van der Waals surface area contributed by atoms with Crippen molar-refractivity contribution < 1.29 is 4.39 Å². The molecule has 1 unspecified atom stereocenters. The predicted octanol–water partition coefficient (Wildman–Crippen LogP) is 3.39. The van der Waals surface area contributed by atoms with Gasteiger partial charge in [0.25, 0.3) is 0 Å². The first-order chi connectivity index (χ1) is 12.1. The molecule has 0 bridgehead atoms. The number of nitrogens with one attached hydrogen (secondary N) is 2. The zero-order valence-electron chi connectivity index (χ0n) is 15.9. The van der Waals surface area contributed by atoms with Gasteiger partial charge < -0.3 is 10.6 Å². The van der Waals surface area contributed by atoms with Crippen LogP contribution in [-0.4, -0.2) is 43.1 Å². The van der Waals surface area contributed by atoms with Gasteiger partial charge in [0.15, 0.2) is 5.96 Å². The molecule has 140 valence electrons. The zero-order valence-corrected chi connectivity index (χ0v) is 15.9.